The van der Waals surface area contributed by atoms with Crippen molar-refractivity contribution >= 4 is 76.8 Å². The third-order valence-corrected chi connectivity index (χ3v) is 14.1. The first-order chi connectivity index (χ1) is 48.6. The van der Waals surface area contributed by atoms with Crippen molar-refractivity contribution in [3.63, 3.8) is 0 Å². The Morgan fingerprint density at radius 1 is 0.535 bits per heavy atom. The van der Waals surface area contributed by atoms with Gasteiger partial charge in [0.1, 0.15) is 23.7 Å². The van der Waals surface area contributed by atoms with Crippen LogP contribution in [0.3, 0.4) is 0 Å². The maximum absolute atomic E-state index is 13.1. The van der Waals surface area contributed by atoms with Crippen molar-refractivity contribution in [2.24, 2.45) is 11.6 Å². The molecule has 14 N–H and O–H groups in total. The summed E-state index contributed by atoms with van der Waals surface area (Å²) in [6.45, 7) is 10.1. The Kier molecular flexibility index (Phi) is 40.6. The zero-order valence-corrected chi connectivity index (χ0v) is 57.3. The second kappa shape index (κ2) is 48.6. The number of carbonyl (C=O) groups excluding carboxylic acids is 9. The number of aromatic nitrogens is 2. The number of hydroxylamine groups is 2. The van der Waals surface area contributed by atoms with E-state index in [1.807, 2.05) is 0 Å². The molecule has 0 radical (unpaired) electrons. The van der Waals surface area contributed by atoms with Crippen LogP contribution in [0, 0.1) is 0 Å². The summed E-state index contributed by atoms with van der Waals surface area (Å²) in [6.07, 6.45) is 2.25. The number of imide groups is 1. The number of alkyl carbamates (subject to hydrolysis) is 1. The van der Waals surface area contributed by atoms with Gasteiger partial charge in [0.25, 0.3) is 23.6 Å². The molecule has 0 spiro atoms. The third-order valence-electron chi connectivity index (χ3n) is 14.1. The lowest BCUT2D eigenvalue weighted by molar-refractivity contribution is -0.142. The number of carboxylic acid groups (broad SMARTS) is 2. The van der Waals surface area contributed by atoms with Gasteiger partial charge in [-0.1, -0.05) is 12.1 Å². The Bertz CT molecular complexity index is 3050. The summed E-state index contributed by atoms with van der Waals surface area (Å²) in [5.41, 5.74) is 8.27. The number of rotatable bonds is 56. The minimum Gasteiger partial charge on any atom is -0.480 e. The van der Waals surface area contributed by atoms with Gasteiger partial charge in [-0.3, -0.25) is 43.2 Å². The normalized spacial score (nSPS) is 12.7. The minimum absolute atomic E-state index is 0.00955. The van der Waals surface area contributed by atoms with Crippen LogP contribution in [0.2, 0.25) is 0 Å². The molecule has 2 unspecified atom stereocenters. The topological polar surface area (TPSA) is 498 Å². The lowest BCUT2D eigenvalue weighted by Crippen LogP contribution is -2.48. The van der Waals surface area contributed by atoms with E-state index in [0.29, 0.717) is 81.2 Å². The van der Waals surface area contributed by atoms with Crippen LogP contribution in [0.4, 0.5) is 16.3 Å². The number of amides is 9. The van der Waals surface area contributed by atoms with Crippen LogP contribution >= 0.6 is 0 Å². The van der Waals surface area contributed by atoms with E-state index in [1.165, 1.54) is 18.3 Å². The van der Waals surface area contributed by atoms with Crippen molar-refractivity contribution in [3.05, 3.63) is 82.8 Å². The molecule has 9 amide bonds. The molecule has 0 aliphatic carbocycles. The molecule has 101 heavy (non-hydrogen) atoms. The second-order valence-corrected chi connectivity index (χ2v) is 23.2. The van der Waals surface area contributed by atoms with E-state index in [1.54, 1.807) is 57.2 Å². The Labute approximate surface area is 584 Å². The van der Waals surface area contributed by atoms with Gasteiger partial charge in [0.15, 0.2) is 11.5 Å². The number of carbonyl (C=O) groups is 11. The lowest BCUT2D eigenvalue weighted by Gasteiger charge is -2.23. The smallest absolute Gasteiger partial charge is 0.408 e. The van der Waals surface area contributed by atoms with Crippen LogP contribution in [-0.4, -0.2) is 246 Å². The number of carboxylic acids is 2. The van der Waals surface area contributed by atoms with E-state index in [2.05, 4.69) is 52.6 Å². The first kappa shape index (κ1) is 84.3. The molecule has 4 rings (SSSR count). The highest BCUT2D eigenvalue weighted by Gasteiger charge is 2.36. The molecular formula is C65H97N13O23. The average Bonchev–Trinajstić information content (AvgIpc) is 1.64. The van der Waals surface area contributed by atoms with E-state index in [4.69, 9.17) is 59.0 Å². The van der Waals surface area contributed by atoms with Crippen molar-refractivity contribution in [1.82, 2.24) is 46.9 Å². The van der Waals surface area contributed by atoms with E-state index in [-0.39, 0.29) is 167 Å². The molecule has 1 aromatic heterocycles. The van der Waals surface area contributed by atoms with Crippen molar-refractivity contribution in [2.75, 3.05) is 143 Å². The number of nitrogens with two attached hydrogens (primary N) is 2. The largest absolute Gasteiger partial charge is 0.480 e. The van der Waals surface area contributed by atoms with E-state index in [0.717, 1.165) is 5.06 Å². The highest BCUT2D eigenvalue weighted by Crippen LogP contribution is 2.23. The number of fused-ring (bicyclic) bond motifs is 1. The van der Waals surface area contributed by atoms with Crippen molar-refractivity contribution < 1.29 is 110 Å². The molecule has 0 saturated carbocycles. The molecule has 3 atom stereocenters. The van der Waals surface area contributed by atoms with Crippen LogP contribution in [0.1, 0.15) is 132 Å². The van der Waals surface area contributed by atoms with Crippen LogP contribution in [-0.2, 0) is 82.8 Å². The Hall–Kier alpha value is -9.11. The molecule has 2 aromatic carbocycles. The predicted molar refractivity (Wildman–Crippen MR) is 358 cm³/mol. The van der Waals surface area contributed by atoms with E-state index < -0.39 is 83.6 Å². The number of benzene rings is 2. The molecule has 560 valence electrons. The van der Waals surface area contributed by atoms with E-state index in [9.17, 15) is 63.0 Å². The van der Waals surface area contributed by atoms with Gasteiger partial charge in [0.2, 0.25) is 23.6 Å². The number of hydrogen-bond donors (Lipinski definition) is 12. The van der Waals surface area contributed by atoms with Gasteiger partial charge in [-0.2, -0.15) is 0 Å². The number of aliphatic carboxylic acids is 2. The predicted octanol–water partition coefficient (Wildman–Crippen LogP) is 0.729. The van der Waals surface area contributed by atoms with Gasteiger partial charge in [-0.15, -0.1) is 5.06 Å². The Morgan fingerprint density at radius 2 is 1.01 bits per heavy atom. The summed E-state index contributed by atoms with van der Waals surface area (Å²) in [7, 11) is 0. The fourth-order valence-electron chi connectivity index (χ4n) is 9.01. The van der Waals surface area contributed by atoms with Crippen LogP contribution in [0.5, 0.6) is 0 Å². The van der Waals surface area contributed by atoms with Gasteiger partial charge in [0, 0.05) is 50.1 Å². The van der Waals surface area contributed by atoms with Gasteiger partial charge in [0.05, 0.1) is 142 Å². The van der Waals surface area contributed by atoms with E-state index >= 15 is 0 Å². The fourth-order valence-corrected chi connectivity index (χ4v) is 9.01. The monoisotopic (exact) mass is 1430 g/mol. The number of nitrogen functional groups attached to an aromatic ring is 1. The Balaban J connectivity index is 0.920. The molecular weight excluding hydrogens is 1330 g/mol. The zero-order valence-electron chi connectivity index (χ0n) is 57.3. The summed E-state index contributed by atoms with van der Waals surface area (Å²) in [6, 6.07) is 8.85. The first-order valence-corrected chi connectivity index (χ1v) is 33.1. The summed E-state index contributed by atoms with van der Waals surface area (Å²) in [4.78, 5) is 150. The number of hydrazine groups is 1. The second-order valence-electron chi connectivity index (χ2n) is 23.2. The number of primary amides is 1. The third kappa shape index (κ3) is 35.7. The Morgan fingerprint density at radius 3 is 1.50 bits per heavy atom. The molecule has 3 aromatic rings. The van der Waals surface area contributed by atoms with Crippen molar-refractivity contribution in [2.45, 2.75) is 115 Å². The first-order valence-electron chi connectivity index (χ1n) is 33.1. The highest BCUT2D eigenvalue weighted by molar-refractivity contribution is 6.20. The summed E-state index contributed by atoms with van der Waals surface area (Å²) < 4.78 is 49.3. The molecule has 2 heterocycles. The van der Waals surface area contributed by atoms with Gasteiger partial charge < -0.3 is 101 Å². The lowest BCUT2D eigenvalue weighted by atomic mass is 10.1. The number of ether oxygens (including phenoxy) is 9. The summed E-state index contributed by atoms with van der Waals surface area (Å²) >= 11 is 0. The molecule has 36 heteroatoms. The van der Waals surface area contributed by atoms with Crippen LogP contribution < -0.4 is 54.2 Å². The van der Waals surface area contributed by atoms with Gasteiger partial charge in [-0.25, -0.2) is 30.2 Å². The maximum atomic E-state index is 13.1. The molecule has 1 aliphatic heterocycles. The minimum atomic E-state index is -1.47. The number of nitrogens with one attached hydrogen (secondary N) is 8. The number of anilines is 2. The summed E-state index contributed by atoms with van der Waals surface area (Å²) in [5.74, 6) is -1.55. The fraction of sp³-hybridized carbons (Fsp3) is 0.585. The quantitative estimate of drug-likeness (QED) is 0.0160. The van der Waals surface area contributed by atoms with Gasteiger partial charge in [-0.05, 0) is 102 Å². The standard InChI is InChI=1S/C65H97N13O23/c1-65(2,3)101-64(91)76-49(12-6-8-22-68-52(79)20-25-92-29-32-96-35-37-98-38-39-99-40-41-100-78-60(85)47-10-4-5-11-48(47)61(78)86)59(84)70-24-27-94-30-33-97-36-34-95-31-28-93-26-21-53(80)69-23-9-7-13-50(62(87)88)74-54(81)19-18-51(63(89)90)75-58(83)44-14-16-45(17-15-44)71-42-46-43-72-57(77-67)55(73-46)56(66)82/h4-5,10-11,14-17,43,49-51,71H,6-9,12-13,18-42,67H2,1-3H3,(H2,66,82)(H,68,79)(H,69,80)(H,70,84)(H,72,77)(H,74,81)(H,75,83)(H,76,91)(H,87,88)(H,89,90)/t49?,50?,51-/m0/s1. The number of unbranched alkanes of at least 4 members (excludes halogenated alkanes) is 2. The molecule has 0 fully saturated rings. The highest BCUT2D eigenvalue weighted by atomic mass is 16.7. The zero-order chi connectivity index (χ0) is 73.6. The van der Waals surface area contributed by atoms with Crippen molar-refractivity contribution in [3.8, 4) is 0 Å². The van der Waals surface area contributed by atoms with Crippen molar-refractivity contribution in [1.29, 1.82) is 0 Å². The molecule has 0 saturated heterocycles. The number of hydrogen-bond acceptors (Lipinski definition) is 26. The maximum Gasteiger partial charge on any atom is 0.408 e. The SMILES string of the molecule is CC(C)(C)OC(=O)NC(CCCCNC(=O)CCOCCOCCOCCOCCON1C(=O)c2ccccc2C1=O)C(=O)NCCOCCOCCOCCOCCC(=O)NCCCCC(NC(=O)CC[C@H](NC(=O)c1ccc(NCc2cnc(NN)c(C(N)=O)n2)cc1)C(=O)O)C(=O)O. The summed E-state index contributed by atoms with van der Waals surface area (Å²) in [5, 5.41) is 39.0. The molecule has 1 aliphatic rings. The number of nitrogens with zero attached hydrogens (tertiary/aromatic N) is 3. The van der Waals surface area contributed by atoms with Gasteiger partial charge >= 0.3 is 18.0 Å². The average molecular weight is 1430 g/mol. The molecule has 36 nitrogen and oxygen atoms in total. The van der Waals surface area contributed by atoms with Crippen LogP contribution in [0.25, 0.3) is 0 Å². The molecule has 0 bridgehead atoms. The van der Waals surface area contributed by atoms with Crippen LogP contribution in [0.15, 0.2) is 54.7 Å².